The molecule has 1 saturated heterocycles. The lowest BCUT2D eigenvalue weighted by Gasteiger charge is -2.22. The van der Waals surface area contributed by atoms with Gasteiger partial charge in [0.15, 0.2) is 0 Å². The fraction of sp³-hybridized carbons (Fsp3) is 0.200. The summed E-state index contributed by atoms with van der Waals surface area (Å²) in [7, 11) is 0. The molecule has 7 nitrogen and oxygen atoms in total. The van der Waals surface area contributed by atoms with Crippen LogP contribution in [0.25, 0.3) is 0 Å². The highest BCUT2D eigenvalue weighted by molar-refractivity contribution is 6.31. The molecule has 1 aliphatic rings. The molecular formula is C20H17ClN4O3. The van der Waals surface area contributed by atoms with Crippen molar-refractivity contribution < 1.29 is 14.4 Å². The average molecular weight is 397 g/mol. The maximum atomic E-state index is 12.9. The Hall–Kier alpha value is -3.37. The molecule has 4 amide bonds. The number of imide groups is 1. The van der Waals surface area contributed by atoms with Gasteiger partial charge in [-0.25, -0.2) is 4.79 Å². The van der Waals surface area contributed by atoms with Gasteiger partial charge in [0.2, 0.25) is 5.91 Å². The van der Waals surface area contributed by atoms with E-state index in [1.807, 2.05) is 13.0 Å². The number of nitrogens with one attached hydrogen (secondary N) is 2. The second-order valence-electron chi connectivity index (χ2n) is 6.64. The molecule has 1 fully saturated rings. The molecule has 142 valence electrons. The molecule has 3 rings (SSSR count). The zero-order valence-corrected chi connectivity index (χ0v) is 16.0. The number of halogens is 1. The third-order valence-corrected chi connectivity index (χ3v) is 4.88. The number of hydrogen-bond donors (Lipinski definition) is 2. The highest BCUT2D eigenvalue weighted by Crippen LogP contribution is 2.29. The quantitative estimate of drug-likeness (QED) is 0.775. The molecular weight excluding hydrogens is 380 g/mol. The molecule has 28 heavy (non-hydrogen) atoms. The van der Waals surface area contributed by atoms with Gasteiger partial charge in [0.05, 0.1) is 11.6 Å². The number of carbonyl (C=O) groups excluding carboxylic acids is 3. The maximum absolute atomic E-state index is 12.9. The van der Waals surface area contributed by atoms with Crippen molar-refractivity contribution in [2.75, 3.05) is 11.9 Å². The van der Waals surface area contributed by atoms with E-state index in [0.29, 0.717) is 21.8 Å². The zero-order chi connectivity index (χ0) is 20.5. The van der Waals surface area contributed by atoms with Gasteiger partial charge in [-0.1, -0.05) is 29.8 Å². The smallest absolute Gasteiger partial charge is 0.324 e. The number of benzene rings is 2. The fourth-order valence-corrected chi connectivity index (χ4v) is 3.15. The molecule has 0 saturated carbocycles. The summed E-state index contributed by atoms with van der Waals surface area (Å²) in [6.45, 7) is 2.94. The summed E-state index contributed by atoms with van der Waals surface area (Å²) in [5, 5.41) is 14.7. The molecule has 8 heteroatoms. The van der Waals surface area contributed by atoms with E-state index in [1.54, 1.807) is 49.4 Å². The Morgan fingerprint density at radius 3 is 2.57 bits per heavy atom. The van der Waals surface area contributed by atoms with Crippen molar-refractivity contribution in [1.29, 1.82) is 5.26 Å². The third-order valence-electron chi connectivity index (χ3n) is 4.64. The van der Waals surface area contributed by atoms with Crippen LogP contribution in [0.1, 0.15) is 23.6 Å². The van der Waals surface area contributed by atoms with Crippen LogP contribution in [-0.2, 0) is 15.1 Å². The summed E-state index contributed by atoms with van der Waals surface area (Å²) in [5.74, 6) is -1.06. The minimum Gasteiger partial charge on any atom is -0.324 e. The molecule has 1 heterocycles. The first-order valence-corrected chi connectivity index (χ1v) is 8.83. The predicted octanol–water partition coefficient (Wildman–Crippen LogP) is 2.93. The van der Waals surface area contributed by atoms with E-state index in [2.05, 4.69) is 10.6 Å². The van der Waals surface area contributed by atoms with Crippen molar-refractivity contribution in [2.24, 2.45) is 0 Å². The topological polar surface area (TPSA) is 102 Å². The number of hydrogen-bond acceptors (Lipinski definition) is 4. The van der Waals surface area contributed by atoms with Crippen molar-refractivity contribution in [1.82, 2.24) is 10.2 Å². The van der Waals surface area contributed by atoms with Gasteiger partial charge < -0.3 is 10.6 Å². The number of amides is 4. The monoisotopic (exact) mass is 396 g/mol. The van der Waals surface area contributed by atoms with E-state index in [9.17, 15) is 14.4 Å². The van der Waals surface area contributed by atoms with Crippen molar-refractivity contribution in [3.05, 3.63) is 64.2 Å². The highest BCUT2D eigenvalue weighted by atomic mass is 35.5. The van der Waals surface area contributed by atoms with Gasteiger partial charge in [-0.15, -0.1) is 0 Å². The lowest BCUT2D eigenvalue weighted by Crippen LogP contribution is -2.42. The molecule has 0 bridgehead atoms. The SMILES string of the molecule is Cc1ccc(Cl)cc1NC(=O)CN1C(=O)NC(C)(c2ccc(C#N)cc2)C1=O. The minimum absolute atomic E-state index is 0.428. The van der Waals surface area contributed by atoms with Crippen LogP contribution in [0, 0.1) is 18.3 Å². The number of aryl methyl sites for hydroxylation is 1. The number of nitrogens with zero attached hydrogens (tertiary/aromatic N) is 2. The summed E-state index contributed by atoms with van der Waals surface area (Å²) >= 11 is 5.94. The van der Waals surface area contributed by atoms with E-state index in [0.717, 1.165) is 10.5 Å². The Labute approximate surface area is 166 Å². The maximum Gasteiger partial charge on any atom is 0.325 e. The van der Waals surface area contributed by atoms with Gasteiger partial charge in [-0.05, 0) is 49.2 Å². The minimum atomic E-state index is -1.31. The van der Waals surface area contributed by atoms with Crippen LogP contribution in [0.5, 0.6) is 0 Å². The number of carbonyl (C=O) groups is 3. The standard InChI is InChI=1S/C20H17ClN4O3/c1-12-3-8-15(21)9-16(12)23-17(26)11-25-18(27)20(2,24-19(25)28)14-6-4-13(10-22)5-7-14/h3-9H,11H2,1-2H3,(H,23,26)(H,24,28). The van der Waals surface area contributed by atoms with Crippen molar-refractivity contribution in [3.8, 4) is 6.07 Å². The summed E-state index contributed by atoms with van der Waals surface area (Å²) in [5.41, 5.74) is 0.976. The molecule has 0 aliphatic carbocycles. The van der Waals surface area contributed by atoms with Crippen LogP contribution in [0.2, 0.25) is 5.02 Å². The molecule has 0 spiro atoms. The third kappa shape index (κ3) is 3.55. The molecule has 2 aromatic carbocycles. The van der Waals surface area contributed by atoms with Gasteiger partial charge in [-0.3, -0.25) is 14.5 Å². The van der Waals surface area contributed by atoms with Gasteiger partial charge >= 0.3 is 6.03 Å². The molecule has 1 aliphatic heterocycles. The first-order valence-electron chi connectivity index (χ1n) is 8.45. The number of anilines is 1. The summed E-state index contributed by atoms with van der Waals surface area (Å²) < 4.78 is 0. The van der Waals surface area contributed by atoms with E-state index < -0.39 is 29.9 Å². The van der Waals surface area contributed by atoms with Crippen LogP contribution in [0.15, 0.2) is 42.5 Å². The second kappa shape index (κ2) is 7.33. The summed E-state index contributed by atoms with van der Waals surface area (Å²) in [6.07, 6.45) is 0. The van der Waals surface area contributed by atoms with Crippen LogP contribution >= 0.6 is 11.6 Å². The Morgan fingerprint density at radius 1 is 1.25 bits per heavy atom. The normalized spacial score (nSPS) is 18.6. The number of urea groups is 1. The molecule has 0 radical (unpaired) electrons. The van der Waals surface area contributed by atoms with Crippen molar-refractivity contribution in [2.45, 2.75) is 19.4 Å². The Bertz CT molecular complexity index is 1010. The highest BCUT2D eigenvalue weighted by Gasteiger charge is 2.49. The fourth-order valence-electron chi connectivity index (χ4n) is 2.98. The molecule has 1 atom stereocenters. The van der Waals surface area contributed by atoms with Gasteiger partial charge in [0.1, 0.15) is 12.1 Å². The predicted molar refractivity (Wildman–Crippen MR) is 104 cm³/mol. The Morgan fingerprint density at radius 2 is 1.93 bits per heavy atom. The molecule has 2 N–H and O–H groups in total. The van der Waals surface area contributed by atoms with Crippen LogP contribution in [0.4, 0.5) is 10.5 Å². The van der Waals surface area contributed by atoms with E-state index >= 15 is 0 Å². The largest absolute Gasteiger partial charge is 0.325 e. The summed E-state index contributed by atoms with van der Waals surface area (Å²) in [4.78, 5) is 38.5. The van der Waals surface area contributed by atoms with Gasteiger partial charge in [-0.2, -0.15) is 5.26 Å². The number of rotatable bonds is 4. The Balaban J connectivity index is 1.77. The van der Waals surface area contributed by atoms with Crippen LogP contribution in [0.3, 0.4) is 0 Å². The van der Waals surface area contributed by atoms with Crippen molar-refractivity contribution >= 4 is 35.1 Å². The first-order chi connectivity index (χ1) is 13.2. The van der Waals surface area contributed by atoms with E-state index in [1.165, 1.54) is 0 Å². The Kier molecular flexibility index (Phi) is 5.08. The van der Waals surface area contributed by atoms with E-state index in [-0.39, 0.29) is 0 Å². The van der Waals surface area contributed by atoms with E-state index in [4.69, 9.17) is 16.9 Å². The summed E-state index contributed by atoms with van der Waals surface area (Å²) in [6, 6.07) is 12.7. The first kappa shape index (κ1) is 19.4. The zero-order valence-electron chi connectivity index (χ0n) is 15.2. The average Bonchev–Trinajstić information content (AvgIpc) is 2.89. The second-order valence-corrected chi connectivity index (χ2v) is 7.08. The van der Waals surface area contributed by atoms with Crippen molar-refractivity contribution in [3.63, 3.8) is 0 Å². The van der Waals surface area contributed by atoms with Gasteiger partial charge in [0, 0.05) is 10.7 Å². The molecule has 1 unspecified atom stereocenters. The number of nitriles is 1. The van der Waals surface area contributed by atoms with Crippen LogP contribution in [-0.4, -0.2) is 29.3 Å². The lowest BCUT2D eigenvalue weighted by molar-refractivity contribution is -0.133. The molecule has 0 aromatic heterocycles. The van der Waals surface area contributed by atoms with Gasteiger partial charge in [0.25, 0.3) is 5.91 Å². The molecule has 2 aromatic rings. The van der Waals surface area contributed by atoms with Crippen LogP contribution < -0.4 is 10.6 Å². The lowest BCUT2D eigenvalue weighted by atomic mass is 9.91.